The van der Waals surface area contributed by atoms with Gasteiger partial charge in [0.2, 0.25) is 0 Å². The van der Waals surface area contributed by atoms with Crippen molar-refractivity contribution in [3.63, 3.8) is 0 Å². The van der Waals surface area contributed by atoms with E-state index in [1.54, 1.807) is 0 Å². The van der Waals surface area contributed by atoms with Crippen molar-refractivity contribution in [3.05, 3.63) is 58.1 Å². The van der Waals surface area contributed by atoms with Gasteiger partial charge in [0.15, 0.2) is 0 Å². The molecular weight excluding hydrogens is 312 g/mol. The lowest BCUT2D eigenvalue weighted by atomic mass is 10.1. The number of nitrogens with zero attached hydrogens (tertiary/aromatic N) is 1. The van der Waals surface area contributed by atoms with Crippen molar-refractivity contribution in [3.8, 4) is 0 Å². The van der Waals surface area contributed by atoms with Gasteiger partial charge < -0.3 is 10.6 Å². The summed E-state index contributed by atoms with van der Waals surface area (Å²) in [5.74, 6) is 0. The molecule has 1 unspecified atom stereocenters. The normalized spacial score (nSPS) is 17.4. The first-order chi connectivity index (χ1) is 9.70. The van der Waals surface area contributed by atoms with E-state index in [0.717, 1.165) is 17.3 Å². The molecule has 1 atom stereocenters. The Hall–Kier alpha value is -1.32. The second-order valence-corrected chi connectivity index (χ2v) is 6.22. The fraction of sp³-hybridized carbons (Fsp3) is 0.294. The summed E-state index contributed by atoms with van der Waals surface area (Å²) >= 11 is 3.67. The van der Waals surface area contributed by atoms with Crippen LogP contribution in [0, 0.1) is 0 Å². The van der Waals surface area contributed by atoms with Gasteiger partial charge in [-0.05, 0) is 55.6 Å². The van der Waals surface area contributed by atoms with E-state index >= 15 is 0 Å². The quantitative estimate of drug-likeness (QED) is 0.920. The second kappa shape index (κ2) is 5.58. The van der Waals surface area contributed by atoms with Crippen LogP contribution in [0.25, 0.3) is 0 Å². The van der Waals surface area contributed by atoms with Gasteiger partial charge >= 0.3 is 0 Å². The van der Waals surface area contributed by atoms with E-state index in [1.807, 2.05) is 0 Å². The molecule has 0 saturated heterocycles. The van der Waals surface area contributed by atoms with Crippen molar-refractivity contribution in [1.82, 2.24) is 0 Å². The summed E-state index contributed by atoms with van der Waals surface area (Å²) in [4.78, 5) is 2.42. The molecule has 2 aromatic rings. The third kappa shape index (κ3) is 2.36. The van der Waals surface area contributed by atoms with E-state index in [0.29, 0.717) is 12.6 Å². The molecule has 0 spiro atoms. The third-order valence-corrected chi connectivity index (χ3v) is 4.67. The summed E-state index contributed by atoms with van der Waals surface area (Å²) in [5, 5.41) is 0. The van der Waals surface area contributed by atoms with E-state index in [9.17, 15) is 0 Å². The zero-order valence-electron chi connectivity index (χ0n) is 11.6. The molecule has 0 saturated carbocycles. The Balaban J connectivity index is 1.99. The molecule has 2 aromatic carbocycles. The molecule has 2 N–H and O–H groups in total. The fourth-order valence-corrected chi connectivity index (χ4v) is 3.57. The topological polar surface area (TPSA) is 29.3 Å². The van der Waals surface area contributed by atoms with Crippen LogP contribution in [-0.4, -0.2) is 12.6 Å². The Kier molecular flexibility index (Phi) is 3.81. The zero-order valence-corrected chi connectivity index (χ0v) is 13.2. The first kappa shape index (κ1) is 13.7. The molecule has 3 heteroatoms. The molecule has 20 heavy (non-hydrogen) atoms. The first-order valence-electron chi connectivity index (χ1n) is 7.06. The number of anilines is 2. The van der Waals surface area contributed by atoms with Crippen molar-refractivity contribution < 1.29 is 0 Å². The van der Waals surface area contributed by atoms with Gasteiger partial charge in [0.1, 0.15) is 0 Å². The molecule has 1 aliphatic rings. The van der Waals surface area contributed by atoms with E-state index < -0.39 is 0 Å². The maximum Gasteiger partial charge on any atom is 0.0446 e. The molecule has 0 aliphatic carbocycles. The predicted octanol–water partition coefficient (Wildman–Crippen LogP) is 4.03. The number of hydrogen-bond acceptors (Lipinski definition) is 2. The number of halogens is 1. The highest BCUT2D eigenvalue weighted by Crippen LogP contribution is 2.39. The molecule has 0 aromatic heterocycles. The van der Waals surface area contributed by atoms with Gasteiger partial charge in [-0.3, -0.25) is 0 Å². The van der Waals surface area contributed by atoms with Crippen LogP contribution in [0.5, 0.6) is 0 Å². The van der Waals surface area contributed by atoms with Crippen LogP contribution in [0.1, 0.15) is 18.1 Å². The number of rotatable bonds is 3. The highest BCUT2D eigenvalue weighted by Gasteiger charge is 2.26. The minimum Gasteiger partial charge on any atom is -0.338 e. The summed E-state index contributed by atoms with van der Waals surface area (Å²) in [6, 6.07) is 15.8. The van der Waals surface area contributed by atoms with E-state index in [2.05, 4.69) is 70.2 Å². The average molecular weight is 331 g/mol. The molecule has 104 valence electrons. The minimum atomic E-state index is 0.500. The Labute approximate surface area is 128 Å². The molecule has 0 radical (unpaired) electrons. The van der Waals surface area contributed by atoms with Crippen LogP contribution in [-0.2, 0) is 12.8 Å². The molecule has 1 aliphatic heterocycles. The lowest BCUT2D eigenvalue weighted by molar-refractivity contribution is 0.758. The van der Waals surface area contributed by atoms with Gasteiger partial charge in [-0.15, -0.1) is 0 Å². The van der Waals surface area contributed by atoms with Crippen LogP contribution >= 0.6 is 15.9 Å². The van der Waals surface area contributed by atoms with Crippen molar-refractivity contribution in [2.24, 2.45) is 5.73 Å². The van der Waals surface area contributed by atoms with E-state index in [4.69, 9.17) is 5.73 Å². The Morgan fingerprint density at radius 1 is 1.25 bits per heavy atom. The maximum atomic E-state index is 5.64. The Morgan fingerprint density at radius 3 is 2.80 bits per heavy atom. The average Bonchev–Trinajstić information content (AvgIpc) is 2.77. The van der Waals surface area contributed by atoms with Gasteiger partial charge in [0, 0.05) is 21.9 Å². The third-order valence-electron chi connectivity index (χ3n) is 3.94. The number of benzene rings is 2. The van der Waals surface area contributed by atoms with Crippen LogP contribution in [0.3, 0.4) is 0 Å². The summed E-state index contributed by atoms with van der Waals surface area (Å²) in [5.41, 5.74) is 10.9. The number of fused-ring (bicyclic) bond motifs is 1. The first-order valence-corrected chi connectivity index (χ1v) is 7.85. The summed E-state index contributed by atoms with van der Waals surface area (Å²) in [6.07, 6.45) is 2.02. The highest BCUT2D eigenvalue weighted by molar-refractivity contribution is 9.10. The number of para-hydroxylation sites is 1. The lowest BCUT2D eigenvalue weighted by Crippen LogP contribution is -2.23. The second-order valence-electron chi connectivity index (χ2n) is 5.37. The summed E-state index contributed by atoms with van der Waals surface area (Å²) < 4.78 is 1.15. The zero-order chi connectivity index (χ0) is 14.1. The van der Waals surface area contributed by atoms with Gasteiger partial charge in [0.25, 0.3) is 0 Å². The predicted molar refractivity (Wildman–Crippen MR) is 88.6 cm³/mol. The smallest absolute Gasteiger partial charge is 0.0446 e. The summed E-state index contributed by atoms with van der Waals surface area (Å²) in [6.45, 7) is 2.96. The highest BCUT2D eigenvalue weighted by atomic mass is 79.9. The molecule has 0 bridgehead atoms. The van der Waals surface area contributed by atoms with E-state index in [1.165, 1.54) is 22.5 Å². The molecule has 1 heterocycles. The van der Waals surface area contributed by atoms with Crippen LogP contribution in [0.15, 0.2) is 46.9 Å². The van der Waals surface area contributed by atoms with Crippen LogP contribution in [0.4, 0.5) is 11.4 Å². The van der Waals surface area contributed by atoms with Crippen molar-refractivity contribution in [2.75, 3.05) is 11.4 Å². The minimum absolute atomic E-state index is 0.500. The van der Waals surface area contributed by atoms with Gasteiger partial charge in [0.05, 0.1) is 0 Å². The molecule has 2 nitrogen and oxygen atoms in total. The molecular formula is C17H19BrN2. The number of hydrogen-bond donors (Lipinski definition) is 1. The van der Waals surface area contributed by atoms with E-state index in [-0.39, 0.29) is 0 Å². The van der Waals surface area contributed by atoms with Crippen molar-refractivity contribution in [1.29, 1.82) is 0 Å². The van der Waals surface area contributed by atoms with Crippen LogP contribution in [0.2, 0.25) is 0 Å². The van der Waals surface area contributed by atoms with Crippen LogP contribution < -0.4 is 10.6 Å². The monoisotopic (exact) mass is 330 g/mol. The number of nitrogens with two attached hydrogens (primary N) is 1. The van der Waals surface area contributed by atoms with Crippen molar-refractivity contribution >= 4 is 27.3 Å². The van der Waals surface area contributed by atoms with Gasteiger partial charge in [-0.2, -0.15) is 0 Å². The summed E-state index contributed by atoms with van der Waals surface area (Å²) in [7, 11) is 0. The molecule has 3 rings (SSSR count). The largest absolute Gasteiger partial charge is 0.338 e. The van der Waals surface area contributed by atoms with Gasteiger partial charge in [-0.1, -0.05) is 40.2 Å². The fourth-order valence-electron chi connectivity index (χ4n) is 3.00. The lowest BCUT2D eigenvalue weighted by Gasteiger charge is -2.25. The Morgan fingerprint density at radius 2 is 2.05 bits per heavy atom. The maximum absolute atomic E-state index is 5.64. The Bertz CT molecular complexity index is 624. The van der Waals surface area contributed by atoms with Gasteiger partial charge in [-0.25, -0.2) is 0 Å². The van der Waals surface area contributed by atoms with Crippen molar-refractivity contribution in [2.45, 2.75) is 25.8 Å². The SMILES string of the molecule is CC1Cc2ccccc2N1c1ccc(CCN)c(Br)c1. The molecule has 0 fully saturated rings. The molecule has 0 amide bonds. The standard InChI is InChI=1S/C17H19BrN2/c1-12-10-14-4-2-3-5-17(14)20(12)15-7-6-13(8-9-19)16(18)11-15/h2-7,11-12H,8-10,19H2,1H3.